The molecule has 0 saturated carbocycles. The van der Waals surface area contributed by atoms with Gasteiger partial charge in [-0.15, -0.1) is 11.3 Å². The van der Waals surface area contributed by atoms with E-state index in [0.29, 0.717) is 0 Å². The molecule has 11 rings (SSSR count). The molecule has 0 aliphatic heterocycles. The molecule has 0 fully saturated rings. The van der Waals surface area contributed by atoms with Gasteiger partial charge in [-0.25, -0.2) is 0 Å². The highest BCUT2D eigenvalue weighted by atomic mass is 32.1. The van der Waals surface area contributed by atoms with E-state index in [0.717, 1.165) is 27.5 Å². The molecular weight excluding hydrogens is 625 g/mol. The number of benzene rings is 9. The van der Waals surface area contributed by atoms with Gasteiger partial charge < -0.3 is 4.42 Å². The van der Waals surface area contributed by atoms with Crippen LogP contribution < -0.4 is 0 Å². The maximum absolute atomic E-state index is 6.59. The van der Waals surface area contributed by atoms with E-state index in [4.69, 9.17) is 4.42 Å². The van der Waals surface area contributed by atoms with Crippen LogP contribution in [-0.4, -0.2) is 0 Å². The Morgan fingerprint density at radius 2 is 0.820 bits per heavy atom. The van der Waals surface area contributed by atoms with Crippen LogP contribution in [0.15, 0.2) is 174 Å². The topological polar surface area (TPSA) is 13.1 Å². The molecule has 0 radical (unpaired) electrons. The van der Waals surface area contributed by atoms with Gasteiger partial charge in [-0.1, -0.05) is 146 Å². The lowest BCUT2D eigenvalue weighted by atomic mass is 9.86. The van der Waals surface area contributed by atoms with Crippen LogP contribution in [0, 0.1) is 0 Å². The highest BCUT2D eigenvalue weighted by molar-refractivity contribution is 7.25. The number of rotatable bonds is 3. The van der Waals surface area contributed by atoms with Crippen LogP contribution in [0.1, 0.15) is 0 Å². The van der Waals surface area contributed by atoms with E-state index in [2.05, 4.69) is 164 Å². The Bertz CT molecular complexity index is 3090. The van der Waals surface area contributed by atoms with Crippen LogP contribution in [-0.2, 0) is 0 Å². The minimum Gasteiger partial charge on any atom is -0.455 e. The van der Waals surface area contributed by atoms with Gasteiger partial charge in [0.25, 0.3) is 0 Å². The fourth-order valence-electron chi connectivity index (χ4n) is 8.25. The van der Waals surface area contributed by atoms with Crippen LogP contribution in [0.4, 0.5) is 0 Å². The molecule has 2 heteroatoms. The number of hydrogen-bond acceptors (Lipinski definition) is 2. The Morgan fingerprint density at radius 3 is 1.46 bits per heavy atom. The molecule has 9 aromatic carbocycles. The zero-order chi connectivity index (χ0) is 32.8. The molecule has 232 valence electrons. The lowest BCUT2D eigenvalue weighted by Gasteiger charge is -2.17. The third-order valence-electron chi connectivity index (χ3n) is 10.4. The summed E-state index contributed by atoms with van der Waals surface area (Å²) in [5.41, 5.74) is 9.28. The Morgan fingerprint density at radius 1 is 0.320 bits per heavy atom. The second-order valence-corrected chi connectivity index (χ2v) is 14.3. The van der Waals surface area contributed by atoms with Crippen molar-refractivity contribution >= 4 is 85.8 Å². The van der Waals surface area contributed by atoms with Gasteiger partial charge in [0.15, 0.2) is 0 Å². The highest BCUT2D eigenvalue weighted by Gasteiger charge is 2.19. The van der Waals surface area contributed by atoms with Crippen molar-refractivity contribution in [3.63, 3.8) is 0 Å². The van der Waals surface area contributed by atoms with Gasteiger partial charge in [-0.05, 0) is 84.4 Å². The van der Waals surface area contributed by atoms with Crippen LogP contribution in [0.2, 0.25) is 0 Å². The summed E-state index contributed by atoms with van der Waals surface area (Å²) in [4.78, 5) is 0. The molecule has 0 bridgehead atoms. The predicted molar refractivity (Wildman–Crippen MR) is 215 cm³/mol. The molecule has 50 heavy (non-hydrogen) atoms. The SMILES string of the molecule is c1ccc(-c2c3ccccc3c(-c3ccc4c(c3)sc3cc(-c5c6ccccc6cc6c5oc5ccccc56)ccc34)c3ccccc23)cc1. The molecule has 0 aliphatic rings. The van der Waals surface area contributed by atoms with E-state index in [-0.39, 0.29) is 0 Å². The minimum absolute atomic E-state index is 0.923. The number of hydrogen-bond donors (Lipinski definition) is 0. The summed E-state index contributed by atoms with van der Waals surface area (Å²) >= 11 is 1.88. The van der Waals surface area contributed by atoms with Gasteiger partial charge in [0.2, 0.25) is 0 Å². The van der Waals surface area contributed by atoms with Crippen molar-refractivity contribution in [1.29, 1.82) is 0 Å². The van der Waals surface area contributed by atoms with Gasteiger partial charge in [0.05, 0.1) is 0 Å². The molecular formula is C48H28OS. The molecule has 1 nitrogen and oxygen atoms in total. The van der Waals surface area contributed by atoms with Crippen molar-refractivity contribution in [2.75, 3.05) is 0 Å². The number of fused-ring (bicyclic) bond motifs is 9. The second kappa shape index (κ2) is 10.6. The fourth-order valence-corrected chi connectivity index (χ4v) is 9.44. The summed E-state index contributed by atoms with van der Waals surface area (Å²) in [7, 11) is 0. The molecule has 0 N–H and O–H groups in total. The minimum atomic E-state index is 0.923. The first kappa shape index (κ1) is 27.7. The average molecular weight is 653 g/mol. The number of thiophene rings is 1. The van der Waals surface area contributed by atoms with Gasteiger partial charge in [0, 0.05) is 36.5 Å². The van der Waals surface area contributed by atoms with Crippen molar-refractivity contribution in [2.45, 2.75) is 0 Å². The Hall–Kier alpha value is -6.22. The van der Waals surface area contributed by atoms with Crippen LogP contribution in [0.25, 0.3) is 108 Å². The Balaban J connectivity index is 1.14. The van der Waals surface area contributed by atoms with Gasteiger partial charge >= 0.3 is 0 Å². The summed E-state index contributed by atoms with van der Waals surface area (Å²) in [5, 5.41) is 12.4. The molecule has 11 aromatic rings. The van der Waals surface area contributed by atoms with Gasteiger partial charge in [0.1, 0.15) is 11.2 Å². The standard InChI is InChI=1S/C48H28OS/c1-2-12-29(13-3-1)45-37-17-6-8-19-39(37)46(40-20-9-7-18-38(40)45)31-22-24-35-36-25-23-32(28-44(36)50-43(35)27-31)47-33-15-5-4-14-30(33)26-41-34-16-10-11-21-42(34)49-48(41)47/h1-28H. The maximum atomic E-state index is 6.59. The fraction of sp³-hybridized carbons (Fsp3) is 0. The van der Waals surface area contributed by atoms with E-state index in [1.807, 2.05) is 17.4 Å². The van der Waals surface area contributed by atoms with E-state index >= 15 is 0 Å². The lowest BCUT2D eigenvalue weighted by Crippen LogP contribution is -1.90. The van der Waals surface area contributed by atoms with E-state index in [9.17, 15) is 0 Å². The van der Waals surface area contributed by atoms with Gasteiger partial charge in [-0.2, -0.15) is 0 Å². The maximum Gasteiger partial charge on any atom is 0.143 e. The summed E-state index contributed by atoms with van der Waals surface area (Å²) in [5.74, 6) is 0. The van der Waals surface area contributed by atoms with E-state index in [1.54, 1.807) is 0 Å². The summed E-state index contributed by atoms with van der Waals surface area (Å²) < 4.78 is 9.16. The third-order valence-corrected chi connectivity index (χ3v) is 11.6. The van der Waals surface area contributed by atoms with E-state index < -0.39 is 0 Å². The largest absolute Gasteiger partial charge is 0.455 e. The van der Waals surface area contributed by atoms with Crippen LogP contribution in [0.5, 0.6) is 0 Å². The van der Waals surface area contributed by atoms with Crippen molar-refractivity contribution in [1.82, 2.24) is 0 Å². The van der Waals surface area contributed by atoms with Crippen molar-refractivity contribution in [3.8, 4) is 33.4 Å². The first-order valence-electron chi connectivity index (χ1n) is 17.1. The molecule has 0 spiro atoms. The highest BCUT2D eigenvalue weighted by Crippen LogP contribution is 2.47. The summed E-state index contributed by atoms with van der Waals surface area (Å²) in [6.07, 6.45) is 0. The number of furan rings is 1. The monoisotopic (exact) mass is 652 g/mol. The third kappa shape index (κ3) is 4.00. The second-order valence-electron chi connectivity index (χ2n) is 13.2. The molecule has 0 unspecified atom stereocenters. The molecule has 2 heterocycles. The zero-order valence-corrected chi connectivity index (χ0v) is 27.8. The van der Waals surface area contributed by atoms with Gasteiger partial charge in [-0.3, -0.25) is 0 Å². The zero-order valence-electron chi connectivity index (χ0n) is 27.0. The quantitative estimate of drug-likeness (QED) is 0.173. The molecule has 0 atom stereocenters. The van der Waals surface area contributed by atoms with Crippen molar-refractivity contribution < 1.29 is 4.42 Å². The van der Waals surface area contributed by atoms with Crippen LogP contribution >= 0.6 is 11.3 Å². The van der Waals surface area contributed by atoms with Crippen molar-refractivity contribution in [3.05, 3.63) is 170 Å². The lowest BCUT2D eigenvalue weighted by molar-refractivity contribution is 0.670. The molecule has 0 aliphatic carbocycles. The predicted octanol–water partition coefficient (Wildman–Crippen LogP) is 14.4. The first-order chi connectivity index (χ1) is 24.8. The normalized spacial score (nSPS) is 12.0. The molecule has 2 aromatic heterocycles. The number of para-hydroxylation sites is 1. The molecule has 0 saturated heterocycles. The Kier molecular flexibility index (Phi) is 5.89. The average Bonchev–Trinajstić information content (AvgIpc) is 3.73. The smallest absolute Gasteiger partial charge is 0.143 e. The summed E-state index contributed by atoms with van der Waals surface area (Å²) in [6, 6.07) is 61.9. The first-order valence-corrected chi connectivity index (χ1v) is 17.9. The summed E-state index contributed by atoms with van der Waals surface area (Å²) in [6.45, 7) is 0. The van der Waals surface area contributed by atoms with E-state index in [1.165, 1.54) is 80.3 Å². The van der Waals surface area contributed by atoms with Crippen LogP contribution in [0.3, 0.4) is 0 Å². The Labute approximate surface area is 292 Å². The van der Waals surface area contributed by atoms with Crippen molar-refractivity contribution in [2.24, 2.45) is 0 Å². The molecule has 0 amide bonds.